The van der Waals surface area contributed by atoms with Crippen molar-refractivity contribution in [3.8, 4) is 17.7 Å². The molecule has 0 saturated carbocycles. The molecule has 0 atom stereocenters. The number of methoxy groups -OCH3 is 2. The van der Waals surface area contributed by atoms with Crippen LogP contribution in [0.15, 0.2) is 54.7 Å². The number of nitrogens with two attached hydrogens (primary N) is 1. The number of primary amides is 1. The first-order valence-electron chi connectivity index (χ1n) is 9.17. The van der Waals surface area contributed by atoms with E-state index in [0.29, 0.717) is 40.7 Å². The Morgan fingerprint density at radius 1 is 1.07 bits per heavy atom. The smallest absolute Gasteiger partial charge is 0.304 e. The van der Waals surface area contributed by atoms with Crippen LogP contribution in [0, 0.1) is 0 Å². The average molecular weight is 404 g/mol. The molecule has 0 bridgehead atoms. The van der Waals surface area contributed by atoms with Crippen molar-refractivity contribution in [2.24, 2.45) is 5.73 Å². The maximum Gasteiger partial charge on any atom is 0.304 e. The summed E-state index contributed by atoms with van der Waals surface area (Å²) < 4.78 is 12.4. The van der Waals surface area contributed by atoms with Gasteiger partial charge in [-0.25, -0.2) is 9.55 Å². The fourth-order valence-corrected chi connectivity index (χ4v) is 3.13. The van der Waals surface area contributed by atoms with Crippen LogP contribution >= 0.6 is 0 Å². The van der Waals surface area contributed by atoms with E-state index in [2.05, 4.69) is 20.3 Å². The SMILES string of the molecule is COc1cnc(-n2c(OC)nc3c(C(N)=O)cccc32)nc1NCc1ccccc1. The molecule has 1 amide bonds. The highest BCUT2D eigenvalue weighted by molar-refractivity contribution is 6.04. The van der Waals surface area contributed by atoms with Gasteiger partial charge < -0.3 is 20.5 Å². The van der Waals surface area contributed by atoms with Crippen molar-refractivity contribution < 1.29 is 14.3 Å². The van der Waals surface area contributed by atoms with E-state index in [0.717, 1.165) is 5.56 Å². The molecule has 0 saturated heterocycles. The number of ether oxygens (including phenoxy) is 2. The Hall–Kier alpha value is -4.14. The summed E-state index contributed by atoms with van der Waals surface area (Å²) in [7, 11) is 3.04. The van der Waals surface area contributed by atoms with Gasteiger partial charge >= 0.3 is 6.01 Å². The average Bonchev–Trinajstić information content (AvgIpc) is 3.16. The second kappa shape index (κ2) is 8.08. The molecule has 0 spiro atoms. The minimum absolute atomic E-state index is 0.234. The number of imidazole rings is 1. The number of para-hydroxylation sites is 1. The molecule has 30 heavy (non-hydrogen) atoms. The maximum atomic E-state index is 11.8. The van der Waals surface area contributed by atoms with Gasteiger partial charge in [-0.05, 0) is 17.7 Å². The number of rotatable bonds is 7. The third kappa shape index (κ3) is 3.48. The number of nitrogens with one attached hydrogen (secondary N) is 1. The first-order valence-corrected chi connectivity index (χ1v) is 9.17. The first kappa shape index (κ1) is 19.2. The second-order valence-corrected chi connectivity index (χ2v) is 6.40. The van der Waals surface area contributed by atoms with Crippen LogP contribution in [0.25, 0.3) is 17.0 Å². The Bertz CT molecular complexity index is 1210. The van der Waals surface area contributed by atoms with Gasteiger partial charge in [0, 0.05) is 6.54 Å². The third-order valence-corrected chi connectivity index (χ3v) is 4.57. The number of benzene rings is 2. The molecule has 9 nitrogen and oxygen atoms in total. The minimum Gasteiger partial charge on any atom is -0.491 e. The topological polar surface area (TPSA) is 117 Å². The summed E-state index contributed by atoms with van der Waals surface area (Å²) >= 11 is 0. The molecule has 4 aromatic rings. The van der Waals surface area contributed by atoms with Gasteiger partial charge in [-0.15, -0.1) is 0 Å². The number of aromatic nitrogens is 4. The van der Waals surface area contributed by atoms with Crippen molar-refractivity contribution in [2.45, 2.75) is 6.54 Å². The van der Waals surface area contributed by atoms with Crippen LogP contribution < -0.4 is 20.5 Å². The molecule has 4 rings (SSSR count). The zero-order valence-electron chi connectivity index (χ0n) is 16.5. The lowest BCUT2D eigenvalue weighted by Crippen LogP contribution is -2.11. The molecule has 152 valence electrons. The summed E-state index contributed by atoms with van der Waals surface area (Å²) in [6, 6.07) is 15.3. The van der Waals surface area contributed by atoms with Gasteiger partial charge in [0.05, 0.1) is 31.5 Å². The summed E-state index contributed by atoms with van der Waals surface area (Å²) in [5.74, 6) is 0.748. The van der Waals surface area contributed by atoms with Crippen LogP contribution in [0.5, 0.6) is 11.8 Å². The Kier molecular flexibility index (Phi) is 5.17. The largest absolute Gasteiger partial charge is 0.491 e. The Balaban J connectivity index is 1.80. The number of nitrogens with zero attached hydrogens (tertiary/aromatic N) is 4. The predicted molar refractivity (Wildman–Crippen MR) is 112 cm³/mol. The predicted octanol–water partition coefficient (Wildman–Crippen LogP) is 2.54. The maximum absolute atomic E-state index is 11.8. The van der Waals surface area contributed by atoms with E-state index in [9.17, 15) is 4.79 Å². The van der Waals surface area contributed by atoms with Crippen LogP contribution in [0.3, 0.4) is 0 Å². The Morgan fingerprint density at radius 2 is 1.87 bits per heavy atom. The number of anilines is 1. The molecule has 9 heteroatoms. The van der Waals surface area contributed by atoms with E-state index in [1.165, 1.54) is 7.11 Å². The molecule has 2 aromatic heterocycles. The highest BCUT2D eigenvalue weighted by atomic mass is 16.5. The third-order valence-electron chi connectivity index (χ3n) is 4.57. The van der Waals surface area contributed by atoms with E-state index in [4.69, 9.17) is 15.2 Å². The number of hydrogen-bond donors (Lipinski definition) is 2. The fourth-order valence-electron chi connectivity index (χ4n) is 3.13. The molecular formula is C21H20N6O3. The van der Waals surface area contributed by atoms with Crippen molar-refractivity contribution in [1.29, 1.82) is 0 Å². The van der Waals surface area contributed by atoms with Gasteiger partial charge in [-0.1, -0.05) is 36.4 Å². The monoisotopic (exact) mass is 404 g/mol. The highest BCUT2D eigenvalue weighted by Crippen LogP contribution is 2.29. The van der Waals surface area contributed by atoms with E-state index in [1.54, 1.807) is 36.1 Å². The molecule has 2 aromatic carbocycles. The number of amides is 1. The molecule has 0 aliphatic heterocycles. The van der Waals surface area contributed by atoms with E-state index >= 15 is 0 Å². The number of hydrogen-bond acceptors (Lipinski definition) is 7. The molecule has 0 aliphatic rings. The summed E-state index contributed by atoms with van der Waals surface area (Å²) in [6.07, 6.45) is 1.57. The highest BCUT2D eigenvalue weighted by Gasteiger charge is 2.20. The normalized spacial score (nSPS) is 10.7. The standard InChI is InChI=1S/C21H20N6O3/c1-29-16-12-24-20(26-19(16)23-11-13-7-4-3-5-8-13)27-15-10-6-9-14(18(22)28)17(15)25-21(27)30-2/h3-10,12H,11H2,1-2H3,(H2,22,28)(H,23,24,26). The van der Waals surface area contributed by atoms with Crippen LogP contribution in [0.1, 0.15) is 15.9 Å². The summed E-state index contributed by atoms with van der Waals surface area (Å²) in [4.78, 5) is 25.2. The quantitative estimate of drug-likeness (QED) is 0.486. The van der Waals surface area contributed by atoms with Gasteiger partial charge in [-0.3, -0.25) is 4.79 Å². The van der Waals surface area contributed by atoms with Crippen LogP contribution in [0.2, 0.25) is 0 Å². The van der Waals surface area contributed by atoms with E-state index in [1.807, 2.05) is 30.3 Å². The number of carbonyl (C=O) groups is 1. The van der Waals surface area contributed by atoms with Crippen LogP contribution in [-0.4, -0.2) is 39.6 Å². The summed E-state index contributed by atoms with van der Waals surface area (Å²) in [5, 5.41) is 3.27. The first-order chi connectivity index (χ1) is 14.6. The van der Waals surface area contributed by atoms with Crippen molar-refractivity contribution in [3.63, 3.8) is 0 Å². The lowest BCUT2D eigenvalue weighted by Gasteiger charge is -2.12. The zero-order chi connectivity index (χ0) is 21.1. The molecule has 0 fully saturated rings. The van der Waals surface area contributed by atoms with Gasteiger partial charge in [0.1, 0.15) is 5.52 Å². The fraction of sp³-hybridized carbons (Fsp3) is 0.143. The van der Waals surface area contributed by atoms with Gasteiger partial charge in [0.2, 0.25) is 5.95 Å². The van der Waals surface area contributed by atoms with Crippen molar-refractivity contribution in [1.82, 2.24) is 19.5 Å². The lowest BCUT2D eigenvalue weighted by molar-refractivity contribution is 0.100. The van der Waals surface area contributed by atoms with Gasteiger partial charge in [0.25, 0.3) is 5.91 Å². The Morgan fingerprint density at radius 3 is 2.57 bits per heavy atom. The van der Waals surface area contributed by atoms with Crippen molar-refractivity contribution in [3.05, 3.63) is 65.9 Å². The molecule has 0 unspecified atom stereocenters. The van der Waals surface area contributed by atoms with Crippen LogP contribution in [0.4, 0.5) is 5.82 Å². The van der Waals surface area contributed by atoms with Crippen LogP contribution in [-0.2, 0) is 6.54 Å². The lowest BCUT2D eigenvalue weighted by atomic mass is 10.2. The zero-order valence-corrected chi connectivity index (χ0v) is 16.5. The minimum atomic E-state index is -0.575. The number of carbonyl (C=O) groups excluding carboxylic acids is 1. The van der Waals surface area contributed by atoms with E-state index in [-0.39, 0.29) is 6.01 Å². The molecule has 0 aliphatic carbocycles. The molecule has 2 heterocycles. The molecule has 0 radical (unpaired) electrons. The molecule has 3 N–H and O–H groups in total. The summed E-state index contributed by atoms with van der Waals surface area (Å²) in [6.45, 7) is 0.557. The van der Waals surface area contributed by atoms with Crippen molar-refractivity contribution >= 4 is 22.8 Å². The van der Waals surface area contributed by atoms with Gasteiger partial charge in [-0.2, -0.15) is 9.97 Å². The number of fused-ring (bicyclic) bond motifs is 1. The molecular weight excluding hydrogens is 384 g/mol. The summed E-state index contributed by atoms with van der Waals surface area (Å²) in [5.41, 5.74) is 7.89. The van der Waals surface area contributed by atoms with Gasteiger partial charge in [0.15, 0.2) is 11.6 Å². The second-order valence-electron chi connectivity index (χ2n) is 6.40. The van der Waals surface area contributed by atoms with E-state index < -0.39 is 5.91 Å². The Labute approximate surface area is 172 Å². The van der Waals surface area contributed by atoms with Crippen molar-refractivity contribution in [2.75, 3.05) is 19.5 Å².